The van der Waals surface area contributed by atoms with E-state index in [0.29, 0.717) is 10.6 Å². The molecule has 0 spiro atoms. The topological polar surface area (TPSA) is 27.0 Å². The van der Waals surface area contributed by atoms with Crippen LogP contribution in [0.2, 0.25) is 5.02 Å². The van der Waals surface area contributed by atoms with E-state index in [0.717, 1.165) is 16.8 Å². The Bertz CT molecular complexity index is 664. The number of nitriles is 1. The van der Waals surface area contributed by atoms with Gasteiger partial charge in [-0.15, -0.1) is 0 Å². The van der Waals surface area contributed by atoms with Gasteiger partial charge in [-0.3, -0.25) is 0 Å². The molecule has 0 radical (unpaired) electrons. The van der Waals surface area contributed by atoms with Crippen LogP contribution in [0.15, 0.2) is 48.5 Å². The van der Waals surface area contributed by atoms with Gasteiger partial charge >= 0.3 is 0 Å². The smallest absolute Gasteiger partial charge is 0.0998 e. The summed E-state index contributed by atoms with van der Waals surface area (Å²) in [6, 6.07) is 17.6. The van der Waals surface area contributed by atoms with Crippen LogP contribution in [0.5, 0.6) is 0 Å². The molecule has 0 amide bonds. The predicted molar refractivity (Wildman–Crippen MR) is 85.7 cm³/mol. The Kier molecular flexibility index (Phi) is 4.45. The molecule has 2 nitrogen and oxygen atoms in total. The standard InChI is InChI=1S/C17H15ClN2/c1-20(2)15-9-7-13(8-10-15)11-14(12-19)16-5-3-4-6-17(16)18/h3-11H,1-2H3/b14-11+. The van der Waals surface area contributed by atoms with Crippen molar-refractivity contribution in [1.29, 1.82) is 5.26 Å². The van der Waals surface area contributed by atoms with E-state index >= 15 is 0 Å². The zero-order valence-corrected chi connectivity index (χ0v) is 12.2. The van der Waals surface area contributed by atoms with Crippen LogP contribution in [0, 0.1) is 11.3 Å². The van der Waals surface area contributed by atoms with Crippen molar-refractivity contribution in [1.82, 2.24) is 0 Å². The molecule has 0 heterocycles. The molecule has 20 heavy (non-hydrogen) atoms. The number of allylic oxidation sites excluding steroid dienone is 1. The summed E-state index contributed by atoms with van der Waals surface area (Å²) in [6.45, 7) is 0. The van der Waals surface area contributed by atoms with Crippen molar-refractivity contribution in [3.63, 3.8) is 0 Å². The minimum atomic E-state index is 0.563. The van der Waals surface area contributed by atoms with E-state index in [2.05, 4.69) is 6.07 Å². The highest BCUT2D eigenvalue weighted by atomic mass is 35.5. The van der Waals surface area contributed by atoms with Crippen LogP contribution in [-0.2, 0) is 0 Å². The molecule has 0 bridgehead atoms. The SMILES string of the molecule is CN(C)c1ccc(/C=C(\C#N)c2ccccc2Cl)cc1. The van der Waals surface area contributed by atoms with Crippen LogP contribution in [0.25, 0.3) is 11.6 Å². The number of halogens is 1. The lowest BCUT2D eigenvalue weighted by atomic mass is 10.0. The average Bonchev–Trinajstić information content (AvgIpc) is 2.46. The van der Waals surface area contributed by atoms with E-state index in [1.54, 1.807) is 6.07 Å². The number of hydrogen-bond donors (Lipinski definition) is 0. The van der Waals surface area contributed by atoms with Crippen LogP contribution < -0.4 is 4.90 Å². The van der Waals surface area contributed by atoms with Gasteiger partial charge in [-0.1, -0.05) is 41.9 Å². The highest BCUT2D eigenvalue weighted by Crippen LogP contribution is 2.25. The fourth-order valence-electron chi connectivity index (χ4n) is 1.89. The van der Waals surface area contributed by atoms with E-state index in [-0.39, 0.29) is 0 Å². The molecule has 2 aromatic carbocycles. The van der Waals surface area contributed by atoms with Crippen LogP contribution in [-0.4, -0.2) is 14.1 Å². The molecule has 2 aromatic rings. The van der Waals surface area contributed by atoms with Gasteiger partial charge in [0.2, 0.25) is 0 Å². The number of benzene rings is 2. The van der Waals surface area contributed by atoms with Crippen LogP contribution in [0.3, 0.4) is 0 Å². The zero-order chi connectivity index (χ0) is 14.5. The zero-order valence-electron chi connectivity index (χ0n) is 11.5. The Balaban J connectivity index is 2.37. The van der Waals surface area contributed by atoms with Gasteiger partial charge in [-0.2, -0.15) is 5.26 Å². The molecule has 0 aliphatic carbocycles. The maximum Gasteiger partial charge on any atom is 0.0998 e. The number of anilines is 1. The quantitative estimate of drug-likeness (QED) is 0.613. The molecule has 0 fully saturated rings. The molecule has 0 atom stereocenters. The van der Waals surface area contributed by atoms with Gasteiger partial charge in [0, 0.05) is 30.4 Å². The Morgan fingerprint density at radius 1 is 1.10 bits per heavy atom. The minimum absolute atomic E-state index is 0.563. The van der Waals surface area contributed by atoms with Gasteiger partial charge in [0.25, 0.3) is 0 Å². The van der Waals surface area contributed by atoms with Crippen molar-refractivity contribution in [3.05, 3.63) is 64.7 Å². The first-order valence-electron chi connectivity index (χ1n) is 6.26. The fourth-order valence-corrected chi connectivity index (χ4v) is 2.12. The normalized spacial score (nSPS) is 11.0. The average molecular weight is 283 g/mol. The second-order valence-corrected chi connectivity index (χ2v) is 5.04. The van der Waals surface area contributed by atoms with E-state index in [9.17, 15) is 5.26 Å². The summed E-state index contributed by atoms with van der Waals surface area (Å²) in [4.78, 5) is 2.03. The van der Waals surface area contributed by atoms with Gasteiger partial charge in [0.05, 0.1) is 11.6 Å². The van der Waals surface area contributed by atoms with Gasteiger partial charge in [0.15, 0.2) is 0 Å². The van der Waals surface area contributed by atoms with E-state index in [1.807, 2.05) is 67.5 Å². The van der Waals surface area contributed by atoms with E-state index < -0.39 is 0 Å². The third-order valence-corrected chi connectivity index (χ3v) is 3.33. The van der Waals surface area contributed by atoms with Crippen LogP contribution >= 0.6 is 11.6 Å². The van der Waals surface area contributed by atoms with Gasteiger partial charge in [-0.25, -0.2) is 0 Å². The predicted octanol–water partition coefficient (Wildman–Crippen LogP) is 4.47. The summed E-state index contributed by atoms with van der Waals surface area (Å²) in [6.07, 6.45) is 1.85. The lowest BCUT2D eigenvalue weighted by Gasteiger charge is -2.12. The third kappa shape index (κ3) is 3.20. The minimum Gasteiger partial charge on any atom is -0.378 e. The molecule has 100 valence electrons. The molecular weight excluding hydrogens is 268 g/mol. The van der Waals surface area contributed by atoms with Crippen molar-refractivity contribution in [2.24, 2.45) is 0 Å². The van der Waals surface area contributed by atoms with Gasteiger partial charge < -0.3 is 4.90 Å². The van der Waals surface area contributed by atoms with Crippen molar-refractivity contribution in [3.8, 4) is 6.07 Å². The monoisotopic (exact) mass is 282 g/mol. The summed E-state index contributed by atoms with van der Waals surface area (Å²) in [5.74, 6) is 0. The summed E-state index contributed by atoms with van der Waals surface area (Å²) in [5.41, 5.74) is 3.42. The maximum absolute atomic E-state index is 9.32. The largest absolute Gasteiger partial charge is 0.378 e. The first-order valence-corrected chi connectivity index (χ1v) is 6.63. The maximum atomic E-state index is 9.32. The highest BCUT2D eigenvalue weighted by molar-refractivity contribution is 6.32. The number of nitrogens with zero attached hydrogens (tertiary/aromatic N) is 2. The molecule has 0 saturated heterocycles. The lowest BCUT2D eigenvalue weighted by Crippen LogP contribution is -2.07. The Morgan fingerprint density at radius 2 is 1.75 bits per heavy atom. The molecule has 0 aliphatic rings. The van der Waals surface area contributed by atoms with Crippen molar-refractivity contribution in [2.45, 2.75) is 0 Å². The first kappa shape index (κ1) is 14.2. The lowest BCUT2D eigenvalue weighted by molar-refractivity contribution is 1.13. The summed E-state index contributed by atoms with van der Waals surface area (Å²) < 4.78 is 0. The molecule has 0 saturated carbocycles. The Morgan fingerprint density at radius 3 is 2.30 bits per heavy atom. The summed E-state index contributed by atoms with van der Waals surface area (Å²) >= 11 is 6.13. The molecule has 0 aliphatic heterocycles. The molecule has 0 aromatic heterocycles. The number of hydrogen-bond acceptors (Lipinski definition) is 2. The summed E-state index contributed by atoms with van der Waals surface area (Å²) in [7, 11) is 3.99. The third-order valence-electron chi connectivity index (χ3n) is 3.00. The Labute approximate surface area is 124 Å². The van der Waals surface area contributed by atoms with Crippen molar-refractivity contribution >= 4 is 28.9 Å². The number of rotatable bonds is 3. The second-order valence-electron chi connectivity index (χ2n) is 4.64. The van der Waals surface area contributed by atoms with E-state index in [4.69, 9.17) is 11.6 Å². The van der Waals surface area contributed by atoms with Gasteiger partial charge in [0.1, 0.15) is 0 Å². The van der Waals surface area contributed by atoms with E-state index in [1.165, 1.54) is 0 Å². The second kappa shape index (κ2) is 6.27. The molecule has 0 unspecified atom stereocenters. The molecule has 2 rings (SSSR count). The highest BCUT2D eigenvalue weighted by Gasteiger charge is 2.05. The van der Waals surface area contributed by atoms with Crippen molar-refractivity contribution < 1.29 is 0 Å². The molecular formula is C17H15ClN2. The fraction of sp³-hybridized carbons (Fsp3) is 0.118. The van der Waals surface area contributed by atoms with Crippen molar-refractivity contribution in [2.75, 3.05) is 19.0 Å². The Hall–Kier alpha value is -2.24. The summed E-state index contributed by atoms with van der Waals surface area (Å²) in [5, 5.41) is 9.91. The molecule has 3 heteroatoms. The van der Waals surface area contributed by atoms with Crippen LogP contribution in [0.1, 0.15) is 11.1 Å². The first-order chi connectivity index (χ1) is 9.61. The van der Waals surface area contributed by atoms with Crippen LogP contribution in [0.4, 0.5) is 5.69 Å². The van der Waals surface area contributed by atoms with Gasteiger partial charge in [-0.05, 0) is 29.8 Å². The molecule has 0 N–H and O–H groups in total.